The fourth-order valence-corrected chi connectivity index (χ4v) is 1.89. The lowest BCUT2D eigenvalue weighted by molar-refractivity contribution is 0.477. The van der Waals surface area contributed by atoms with Crippen molar-refractivity contribution in [2.24, 2.45) is 0 Å². The molecule has 1 heterocycles. The van der Waals surface area contributed by atoms with E-state index in [1.54, 1.807) is 12.1 Å². The standard InChI is InChI=1S/C12H11BrFNO/c1-3-11-15-12(7(2)16-11)8-4-5-10(14)9(13)6-8/h4-6H,3H2,1-2H3. The van der Waals surface area contributed by atoms with Gasteiger partial charge in [0.15, 0.2) is 5.89 Å². The molecule has 1 aromatic heterocycles. The number of aromatic nitrogens is 1. The lowest BCUT2D eigenvalue weighted by atomic mass is 10.1. The molecule has 0 spiro atoms. The summed E-state index contributed by atoms with van der Waals surface area (Å²) in [5, 5.41) is 0. The van der Waals surface area contributed by atoms with E-state index in [2.05, 4.69) is 20.9 Å². The maximum Gasteiger partial charge on any atom is 0.194 e. The molecular weight excluding hydrogens is 273 g/mol. The molecule has 0 unspecified atom stereocenters. The van der Waals surface area contributed by atoms with Crippen molar-refractivity contribution in [2.75, 3.05) is 0 Å². The van der Waals surface area contributed by atoms with Gasteiger partial charge in [0.1, 0.15) is 17.3 Å². The average molecular weight is 284 g/mol. The Balaban J connectivity index is 2.49. The molecule has 2 aromatic rings. The van der Waals surface area contributed by atoms with Crippen molar-refractivity contribution >= 4 is 15.9 Å². The number of benzene rings is 1. The molecule has 0 bridgehead atoms. The summed E-state index contributed by atoms with van der Waals surface area (Å²) < 4.78 is 19.0. The van der Waals surface area contributed by atoms with Gasteiger partial charge in [0.25, 0.3) is 0 Å². The van der Waals surface area contributed by atoms with Crippen LogP contribution in [0, 0.1) is 12.7 Å². The van der Waals surface area contributed by atoms with Crippen molar-refractivity contribution < 1.29 is 8.81 Å². The van der Waals surface area contributed by atoms with Crippen LogP contribution in [0.25, 0.3) is 11.3 Å². The van der Waals surface area contributed by atoms with E-state index in [1.807, 2.05) is 13.8 Å². The summed E-state index contributed by atoms with van der Waals surface area (Å²) in [4.78, 5) is 4.36. The lowest BCUT2D eigenvalue weighted by Gasteiger charge is -1.99. The number of hydrogen-bond donors (Lipinski definition) is 0. The van der Waals surface area contributed by atoms with Crippen LogP contribution in [0.3, 0.4) is 0 Å². The SMILES string of the molecule is CCc1nc(-c2ccc(F)c(Br)c2)c(C)o1. The van der Waals surface area contributed by atoms with Crippen LogP contribution < -0.4 is 0 Å². The average Bonchev–Trinajstić information content (AvgIpc) is 2.64. The minimum atomic E-state index is -0.277. The summed E-state index contributed by atoms with van der Waals surface area (Å²) in [6.45, 7) is 3.84. The van der Waals surface area contributed by atoms with E-state index in [1.165, 1.54) is 6.07 Å². The Morgan fingerprint density at radius 3 is 2.75 bits per heavy atom. The zero-order valence-corrected chi connectivity index (χ0v) is 10.6. The molecule has 0 atom stereocenters. The molecule has 0 amide bonds. The van der Waals surface area contributed by atoms with Crippen molar-refractivity contribution in [3.05, 3.63) is 40.1 Å². The minimum absolute atomic E-state index is 0.277. The normalized spacial score (nSPS) is 10.8. The van der Waals surface area contributed by atoms with Crippen molar-refractivity contribution in [1.82, 2.24) is 4.98 Å². The third-order valence-electron chi connectivity index (χ3n) is 2.34. The second kappa shape index (κ2) is 4.37. The van der Waals surface area contributed by atoms with Gasteiger partial charge in [0.05, 0.1) is 4.47 Å². The van der Waals surface area contributed by atoms with Crippen LogP contribution in [-0.4, -0.2) is 4.98 Å². The smallest absolute Gasteiger partial charge is 0.194 e. The number of aryl methyl sites for hydroxylation is 2. The third kappa shape index (κ3) is 2.02. The first-order valence-electron chi connectivity index (χ1n) is 5.03. The number of oxazole rings is 1. The van der Waals surface area contributed by atoms with Gasteiger partial charge in [0, 0.05) is 12.0 Å². The second-order valence-electron chi connectivity index (χ2n) is 3.49. The van der Waals surface area contributed by atoms with E-state index >= 15 is 0 Å². The van der Waals surface area contributed by atoms with Crippen LogP contribution in [0.1, 0.15) is 18.6 Å². The van der Waals surface area contributed by atoms with Crippen molar-refractivity contribution in [3.63, 3.8) is 0 Å². The van der Waals surface area contributed by atoms with E-state index in [9.17, 15) is 4.39 Å². The third-order valence-corrected chi connectivity index (χ3v) is 2.94. The van der Waals surface area contributed by atoms with Crippen LogP contribution in [0.5, 0.6) is 0 Å². The molecule has 0 radical (unpaired) electrons. The Bertz CT molecular complexity index is 522. The largest absolute Gasteiger partial charge is 0.445 e. The van der Waals surface area contributed by atoms with Gasteiger partial charge in [-0.05, 0) is 41.1 Å². The first kappa shape index (κ1) is 11.3. The first-order chi connectivity index (χ1) is 7.61. The van der Waals surface area contributed by atoms with E-state index in [0.29, 0.717) is 10.4 Å². The number of nitrogens with zero attached hydrogens (tertiary/aromatic N) is 1. The highest BCUT2D eigenvalue weighted by Crippen LogP contribution is 2.27. The summed E-state index contributed by atoms with van der Waals surface area (Å²) in [7, 11) is 0. The van der Waals surface area contributed by atoms with Crippen LogP contribution in [0.15, 0.2) is 27.1 Å². The first-order valence-corrected chi connectivity index (χ1v) is 5.83. The molecule has 0 aliphatic heterocycles. The Kier molecular flexibility index (Phi) is 3.10. The van der Waals surface area contributed by atoms with Crippen LogP contribution in [0.4, 0.5) is 4.39 Å². The van der Waals surface area contributed by atoms with Gasteiger partial charge >= 0.3 is 0 Å². The molecule has 0 aliphatic carbocycles. The number of rotatable bonds is 2. The van der Waals surface area contributed by atoms with Crippen molar-refractivity contribution in [1.29, 1.82) is 0 Å². The fraction of sp³-hybridized carbons (Fsp3) is 0.250. The van der Waals surface area contributed by atoms with Crippen LogP contribution in [0.2, 0.25) is 0 Å². The van der Waals surface area contributed by atoms with E-state index < -0.39 is 0 Å². The monoisotopic (exact) mass is 283 g/mol. The van der Waals surface area contributed by atoms with Gasteiger partial charge in [-0.25, -0.2) is 9.37 Å². The summed E-state index contributed by atoms with van der Waals surface area (Å²) in [6, 6.07) is 4.82. The lowest BCUT2D eigenvalue weighted by Crippen LogP contribution is -1.84. The number of hydrogen-bond acceptors (Lipinski definition) is 2. The van der Waals surface area contributed by atoms with Gasteiger partial charge < -0.3 is 4.42 Å². The molecule has 4 heteroatoms. The molecule has 2 nitrogen and oxygen atoms in total. The highest BCUT2D eigenvalue weighted by molar-refractivity contribution is 9.10. The molecule has 16 heavy (non-hydrogen) atoms. The number of halogens is 2. The summed E-state index contributed by atoms with van der Waals surface area (Å²) in [5.41, 5.74) is 1.63. The fourth-order valence-electron chi connectivity index (χ4n) is 1.51. The molecular formula is C12H11BrFNO. The van der Waals surface area contributed by atoms with Gasteiger partial charge in [-0.2, -0.15) is 0 Å². The Labute approximate surface area is 102 Å². The molecule has 0 aliphatic rings. The molecule has 84 valence electrons. The highest BCUT2D eigenvalue weighted by Gasteiger charge is 2.11. The highest BCUT2D eigenvalue weighted by atomic mass is 79.9. The van der Waals surface area contributed by atoms with Gasteiger partial charge in [-0.15, -0.1) is 0 Å². The zero-order valence-electron chi connectivity index (χ0n) is 9.05. The Morgan fingerprint density at radius 1 is 1.44 bits per heavy atom. The predicted molar refractivity (Wildman–Crippen MR) is 63.7 cm³/mol. The molecule has 0 fully saturated rings. The topological polar surface area (TPSA) is 26.0 Å². The summed E-state index contributed by atoms with van der Waals surface area (Å²) in [5.74, 6) is 1.18. The second-order valence-corrected chi connectivity index (χ2v) is 4.35. The Morgan fingerprint density at radius 2 is 2.19 bits per heavy atom. The van der Waals surface area contributed by atoms with Crippen LogP contribution in [-0.2, 0) is 6.42 Å². The Hall–Kier alpha value is -1.16. The van der Waals surface area contributed by atoms with Gasteiger partial charge in [0.2, 0.25) is 0 Å². The van der Waals surface area contributed by atoms with Crippen LogP contribution >= 0.6 is 15.9 Å². The summed E-state index contributed by atoms with van der Waals surface area (Å²) >= 11 is 3.16. The maximum atomic E-state index is 13.1. The molecule has 0 saturated carbocycles. The quantitative estimate of drug-likeness (QED) is 0.829. The molecule has 2 rings (SSSR count). The van der Waals surface area contributed by atoms with E-state index in [4.69, 9.17) is 4.42 Å². The molecule has 0 saturated heterocycles. The van der Waals surface area contributed by atoms with Crippen molar-refractivity contribution in [2.45, 2.75) is 20.3 Å². The van der Waals surface area contributed by atoms with Gasteiger partial charge in [-0.1, -0.05) is 6.92 Å². The minimum Gasteiger partial charge on any atom is -0.445 e. The molecule has 0 N–H and O–H groups in total. The summed E-state index contributed by atoms with van der Waals surface area (Å²) in [6.07, 6.45) is 0.753. The van der Waals surface area contributed by atoms with Gasteiger partial charge in [-0.3, -0.25) is 0 Å². The molecule has 1 aromatic carbocycles. The van der Waals surface area contributed by atoms with E-state index in [0.717, 1.165) is 23.4 Å². The maximum absolute atomic E-state index is 13.1. The van der Waals surface area contributed by atoms with Crippen molar-refractivity contribution in [3.8, 4) is 11.3 Å². The zero-order chi connectivity index (χ0) is 11.7. The predicted octanol–water partition coefficient (Wildman–Crippen LogP) is 4.11. The van der Waals surface area contributed by atoms with E-state index in [-0.39, 0.29) is 5.82 Å².